The fraction of sp³-hybridized carbons (Fsp3) is 0.355. The highest BCUT2D eigenvalue weighted by atomic mass is 79.9. The van der Waals surface area contributed by atoms with E-state index in [0.29, 0.717) is 67.7 Å². The van der Waals surface area contributed by atoms with Crippen LogP contribution in [0.25, 0.3) is 6.08 Å². The van der Waals surface area contributed by atoms with E-state index in [1.54, 1.807) is 44.2 Å². The molecule has 1 atom stereocenters. The minimum atomic E-state index is -0.815. The van der Waals surface area contributed by atoms with Gasteiger partial charge in [0, 0.05) is 6.92 Å². The van der Waals surface area contributed by atoms with Crippen LogP contribution in [0.2, 0.25) is 0 Å². The van der Waals surface area contributed by atoms with Gasteiger partial charge in [0.25, 0.3) is 5.56 Å². The Morgan fingerprint density at radius 1 is 0.977 bits per heavy atom. The van der Waals surface area contributed by atoms with E-state index < -0.39 is 18.0 Å². The molecular formula is C31H33BrN2O8S. The summed E-state index contributed by atoms with van der Waals surface area (Å²) in [6.07, 6.45) is 1.71. The molecule has 228 valence electrons. The second kappa shape index (κ2) is 14.0. The van der Waals surface area contributed by atoms with E-state index in [1.165, 1.54) is 22.8 Å². The van der Waals surface area contributed by atoms with E-state index in [2.05, 4.69) is 20.9 Å². The second-order valence-electron chi connectivity index (χ2n) is 9.23. The highest BCUT2D eigenvalue weighted by Crippen LogP contribution is 2.38. The molecule has 4 rings (SSSR count). The summed E-state index contributed by atoms with van der Waals surface area (Å²) >= 11 is 4.65. The fourth-order valence-electron chi connectivity index (χ4n) is 4.67. The first kappa shape index (κ1) is 32.0. The Balaban J connectivity index is 1.93. The third-order valence-electron chi connectivity index (χ3n) is 6.28. The maximum atomic E-state index is 14.1. The molecule has 0 N–H and O–H groups in total. The fourth-order valence-corrected chi connectivity index (χ4v) is 6.26. The molecule has 0 unspecified atom stereocenters. The molecular weight excluding hydrogens is 640 g/mol. The van der Waals surface area contributed by atoms with Crippen LogP contribution in [0.3, 0.4) is 0 Å². The molecule has 0 fully saturated rings. The van der Waals surface area contributed by atoms with Crippen molar-refractivity contribution in [3.8, 4) is 23.0 Å². The zero-order valence-electron chi connectivity index (χ0n) is 24.8. The van der Waals surface area contributed by atoms with Gasteiger partial charge >= 0.3 is 11.9 Å². The van der Waals surface area contributed by atoms with Gasteiger partial charge in [0.15, 0.2) is 27.8 Å². The first-order valence-corrected chi connectivity index (χ1v) is 15.5. The number of esters is 2. The van der Waals surface area contributed by atoms with Gasteiger partial charge in [-0.2, -0.15) is 0 Å². The topological polar surface area (TPSA) is 115 Å². The number of hydrogen-bond donors (Lipinski definition) is 0. The van der Waals surface area contributed by atoms with Gasteiger partial charge in [-0.15, -0.1) is 0 Å². The van der Waals surface area contributed by atoms with Gasteiger partial charge in [-0.05, 0) is 92.0 Å². The van der Waals surface area contributed by atoms with Crippen LogP contribution in [-0.2, 0) is 14.3 Å². The zero-order valence-corrected chi connectivity index (χ0v) is 27.2. The number of allylic oxidation sites excluding steroid dienone is 1. The normalized spacial score (nSPS) is 14.6. The summed E-state index contributed by atoms with van der Waals surface area (Å²) in [6, 6.07) is 7.98. The van der Waals surface area contributed by atoms with Gasteiger partial charge < -0.3 is 23.7 Å². The molecule has 0 spiro atoms. The molecule has 0 amide bonds. The molecule has 10 nitrogen and oxygen atoms in total. The minimum absolute atomic E-state index is 0.167. The van der Waals surface area contributed by atoms with Crippen LogP contribution in [0, 0.1) is 0 Å². The number of carbonyl (C=O) groups excluding carboxylic acids is 2. The summed E-state index contributed by atoms with van der Waals surface area (Å²) < 4.78 is 30.4. The van der Waals surface area contributed by atoms with Crippen molar-refractivity contribution in [2.45, 2.75) is 47.6 Å². The molecule has 3 aromatic rings. The van der Waals surface area contributed by atoms with Gasteiger partial charge in [0.2, 0.25) is 0 Å². The molecule has 12 heteroatoms. The SMILES string of the molecule is CCOC(=O)C1=C(C)N=c2s/c(=C\c3cc(Br)c(OC(C)=O)c(OCC)c3)c(=O)n2[C@@H]1c1ccc(OCC)c(OCC)c1. The molecule has 43 heavy (non-hydrogen) atoms. The third-order valence-corrected chi connectivity index (χ3v) is 7.85. The van der Waals surface area contributed by atoms with Crippen molar-refractivity contribution < 1.29 is 33.3 Å². The van der Waals surface area contributed by atoms with E-state index in [0.717, 1.165) is 0 Å². The summed E-state index contributed by atoms with van der Waals surface area (Å²) in [6.45, 7) is 11.7. The molecule has 0 bridgehead atoms. The average Bonchev–Trinajstić information content (AvgIpc) is 3.25. The number of aromatic nitrogens is 1. The zero-order chi connectivity index (χ0) is 31.3. The van der Waals surface area contributed by atoms with Crippen LogP contribution in [0.4, 0.5) is 0 Å². The number of hydrogen-bond acceptors (Lipinski definition) is 10. The lowest BCUT2D eigenvalue weighted by Crippen LogP contribution is -2.40. The predicted molar refractivity (Wildman–Crippen MR) is 166 cm³/mol. The summed E-state index contributed by atoms with van der Waals surface area (Å²) in [7, 11) is 0. The summed E-state index contributed by atoms with van der Waals surface area (Å²) in [5, 5.41) is 0. The van der Waals surface area contributed by atoms with E-state index in [1.807, 2.05) is 26.8 Å². The first-order chi connectivity index (χ1) is 20.6. The maximum Gasteiger partial charge on any atom is 0.338 e. The number of ether oxygens (including phenoxy) is 5. The van der Waals surface area contributed by atoms with Crippen molar-refractivity contribution >= 4 is 45.3 Å². The number of rotatable bonds is 11. The highest BCUT2D eigenvalue weighted by molar-refractivity contribution is 9.10. The molecule has 0 radical (unpaired) electrons. The van der Waals surface area contributed by atoms with Crippen molar-refractivity contribution in [2.75, 3.05) is 26.4 Å². The summed E-state index contributed by atoms with van der Waals surface area (Å²) in [4.78, 5) is 44.0. The van der Waals surface area contributed by atoms with Gasteiger partial charge in [-0.3, -0.25) is 14.2 Å². The summed E-state index contributed by atoms with van der Waals surface area (Å²) in [5.74, 6) is 0.624. The van der Waals surface area contributed by atoms with Gasteiger partial charge in [0.05, 0.1) is 52.7 Å². The molecule has 1 aliphatic heterocycles. The lowest BCUT2D eigenvalue weighted by Gasteiger charge is -2.25. The number of fused-ring (bicyclic) bond motifs is 1. The minimum Gasteiger partial charge on any atom is -0.490 e. The van der Waals surface area contributed by atoms with Crippen LogP contribution in [0.15, 0.2) is 55.9 Å². The monoisotopic (exact) mass is 672 g/mol. The molecule has 2 aromatic carbocycles. The molecule has 1 aromatic heterocycles. The van der Waals surface area contributed by atoms with Gasteiger partial charge in [0.1, 0.15) is 0 Å². The Labute approximate surface area is 261 Å². The molecule has 0 aliphatic carbocycles. The Kier molecular flexibility index (Phi) is 10.5. The average molecular weight is 674 g/mol. The van der Waals surface area contributed by atoms with Crippen molar-refractivity contribution in [3.05, 3.63) is 76.9 Å². The predicted octanol–water partition coefficient (Wildman–Crippen LogP) is 4.68. The van der Waals surface area contributed by atoms with Crippen molar-refractivity contribution in [3.63, 3.8) is 0 Å². The Morgan fingerprint density at radius 3 is 2.30 bits per heavy atom. The van der Waals surface area contributed by atoms with Crippen LogP contribution in [-0.4, -0.2) is 42.9 Å². The third kappa shape index (κ3) is 6.86. The number of halogens is 1. The van der Waals surface area contributed by atoms with Crippen LogP contribution < -0.4 is 33.8 Å². The van der Waals surface area contributed by atoms with Gasteiger partial charge in [-0.1, -0.05) is 17.4 Å². The molecule has 2 heterocycles. The van der Waals surface area contributed by atoms with E-state index >= 15 is 0 Å². The Hall–Kier alpha value is -3.90. The van der Waals surface area contributed by atoms with E-state index in [9.17, 15) is 14.4 Å². The molecule has 1 aliphatic rings. The van der Waals surface area contributed by atoms with Crippen LogP contribution >= 0.6 is 27.3 Å². The standard InChI is InChI=1S/C31H33BrN2O8S/c1-7-38-22-12-11-20(16-23(22)39-8-2)27-26(30(37)41-10-4)17(5)33-31-34(27)29(36)25(43-31)15-19-13-21(32)28(42-18(6)35)24(14-19)40-9-3/h11-16,27H,7-10H2,1-6H3/b25-15-/t27-/m1/s1. The number of nitrogens with zero attached hydrogens (tertiary/aromatic N) is 2. The smallest absolute Gasteiger partial charge is 0.338 e. The van der Waals surface area contributed by atoms with Crippen molar-refractivity contribution in [1.29, 1.82) is 0 Å². The van der Waals surface area contributed by atoms with Crippen molar-refractivity contribution in [2.24, 2.45) is 4.99 Å². The van der Waals surface area contributed by atoms with Gasteiger partial charge in [-0.25, -0.2) is 9.79 Å². The lowest BCUT2D eigenvalue weighted by molar-refractivity contribution is -0.139. The maximum absolute atomic E-state index is 14.1. The Bertz CT molecular complexity index is 1760. The largest absolute Gasteiger partial charge is 0.490 e. The van der Waals surface area contributed by atoms with Crippen LogP contribution in [0.1, 0.15) is 58.7 Å². The molecule has 0 saturated heterocycles. The van der Waals surface area contributed by atoms with E-state index in [4.69, 9.17) is 23.7 Å². The number of benzene rings is 2. The first-order valence-electron chi connectivity index (χ1n) is 13.9. The van der Waals surface area contributed by atoms with E-state index in [-0.39, 0.29) is 23.5 Å². The number of carbonyl (C=O) groups is 2. The Morgan fingerprint density at radius 2 is 1.65 bits per heavy atom. The second-order valence-corrected chi connectivity index (χ2v) is 11.1. The highest BCUT2D eigenvalue weighted by Gasteiger charge is 2.34. The lowest BCUT2D eigenvalue weighted by atomic mass is 9.95. The van der Waals surface area contributed by atoms with Crippen molar-refractivity contribution in [1.82, 2.24) is 4.57 Å². The number of thiazole rings is 1. The van der Waals surface area contributed by atoms with Crippen LogP contribution in [0.5, 0.6) is 23.0 Å². The quantitative estimate of drug-likeness (QED) is 0.213. The summed E-state index contributed by atoms with van der Waals surface area (Å²) in [5.41, 5.74) is 1.65. The molecule has 0 saturated carbocycles.